The fourth-order valence-electron chi connectivity index (χ4n) is 1.87. The summed E-state index contributed by atoms with van der Waals surface area (Å²) in [6.07, 6.45) is 1.88. The SMILES string of the molecule is CCCC(NC1COCCC1(C)O)C(=O)O. The predicted molar refractivity (Wildman–Crippen MR) is 59.3 cm³/mol. The normalized spacial score (nSPS) is 32.3. The summed E-state index contributed by atoms with van der Waals surface area (Å²) in [7, 11) is 0. The number of carbonyl (C=O) groups is 1. The average molecular weight is 231 g/mol. The van der Waals surface area contributed by atoms with Crippen LogP contribution < -0.4 is 5.32 Å². The first-order valence-electron chi connectivity index (χ1n) is 5.76. The fourth-order valence-corrected chi connectivity index (χ4v) is 1.87. The highest BCUT2D eigenvalue weighted by molar-refractivity contribution is 5.73. The van der Waals surface area contributed by atoms with Crippen molar-refractivity contribution >= 4 is 5.97 Å². The average Bonchev–Trinajstić information content (AvgIpc) is 2.19. The van der Waals surface area contributed by atoms with Gasteiger partial charge in [-0.1, -0.05) is 13.3 Å². The van der Waals surface area contributed by atoms with Gasteiger partial charge in [0.05, 0.1) is 18.2 Å². The van der Waals surface area contributed by atoms with Gasteiger partial charge in [0.1, 0.15) is 6.04 Å². The number of aliphatic carboxylic acids is 1. The zero-order chi connectivity index (χ0) is 12.2. The Kier molecular flexibility index (Phi) is 4.70. The van der Waals surface area contributed by atoms with Crippen molar-refractivity contribution in [2.75, 3.05) is 13.2 Å². The third-order valence-corrected chi connectivity index (χ3v) is 3.07. The topological polar surface area (TPSA) is 78.8 Å². The number of hydrogen-bond donors (Lipinski definition) is 3. The molecule has 0 bridgehead atoms. The number of hydrogen-bond acceptors (Lipinski definition) is 4. The molecule has 1 heterocycles. The van der Waals surface area contributed by atoms with Crippen LogP contribution in [0.5, 0.6) is 0 Å². The maximum Gasteiger partial charge on any atom is 0.320 e. The zero-order valence-corrected chi connectivity index (χ0v) is 9.90. The van der Waals surface area contributed by atoms with Crippen LogP contribution >= 0.6 is 0 Å². The molecule has 1 fully saturated rings. The van der Waals surface area contributed by atoms with E-state index in [1.165, 1.54) is 0 Å². The summed E-state index contributed by atoms with van der Waals surface area (Å²) in [6.45, 7) is 4.54. The highest BCUT2D eigenvalue weighted by Crippen LogP contribution is 2.21. The van der Waals surface area contributed by atoms with E-state index in [0.717, 1.165) is 6.42 Å². The number of carboxylic acids is 1. The molecule has 5 nitrogen and oxygen atoms in total. The quantitative estimate of drug-likeness (QED) is 0.637. The summed E-state index contributed by atoms with van der Waals surface area (Å²) in [5, 5.41) is 22.1. The maximum atomic E-state index is 11.0. The van der Waals surface area contributed by atoms with Crippen LogP contribution in [0.4, 0.5) is 0 Å². The summed E-state index contributed by atoms with van der Waals surface area (Å²) >= 11 is 0. The van der Waals surface area contributed by atoms with Gasteiger partial charge in [-0.3, -0.25) is 10.1 Å². The molecule has 0 aliphatic carbocycles. The molecule has 0 radical (unpaired) electrons. The van der Waals surface area contributed by atoms with Crippen LogP contribution in [0.1, 0.15) is 33.1 Å². The van der Waals surface area contributed by atoms with Crippen molar-refractivity contribution in [1.29, 1.82) is 0 Å². The van der Waals surface area contributed by atoms with Crippen molar-refractivity contribution in [3.63, 3.8) is 0 Å². The van der Waals surface area contributed by atoms with E-state index in [4.69, 9.17) is 9.84 Å². The molecule has 0 spiro atoms. The first kappa shape index (κ1) is 13.4. The number of carboxylic acid groups (broad SMARTS) is 1. The molecule has 5 heteroatoms. The van der Waals surface area contributed by atoms with Gasteiger partial charge in [0.2, 0.25) is 0 Å². The lowest BCUT2D eigenvalue weighted by Gasteiger charge is -2.38. The summed E-state index contributed by atoms with van der Waals surface area (Å²) in [5.74, 6) is -0.872. The van der Waals surface area contributed by atoms with Gasteiger partial charge in [-0.2, -0.15) is 0 Å². The molecular weight excluding hydrogens is 210 g/mol. The third kappa shape index (κ3) is 3.43. The van der Waals surface area contributed by atoms with Crippen molar-refractivity contribution in [2.45, 2.75) is 50.8 Å². The second-order valence-electron chi connectivity index (χ2n) is 4.58. The Morgan fingerprint density at radius 1 is 1.69 bits per heavy atom. The Bertz CT molecular complexity index is 242. The lowest BCUT2D eigenvalue weighted by Crippen LogP contribution is -2.59. The first-order chi connectivity index (χ1) is 7.47. The monoisotopic (exact) mass is 231 g/mol. The molecule has 0 aromatic carbocycles. The number of nitrogens with one attached hydrogen (secondary N) is 1. The van der Waals surface area contributed by atoms with Gasteiger partial charge in [0.25, 0.3) is 0 Å². The standard InChI is InChI=1S/C11H21NO4/c1-3-4-8(10(13)14)12-9-7-16-6-5-11(9,2)15/h8-9,12,15H,3-7H2,1-2H3,(H,13,14). The zero-order valence-electron chi connectivity index (χ0n) is 9.90. The minimum atomic E-state index is -0.889. The van der Waals surface area contributed by atoms with Crippen molar-refractivity contribution in [1.82, 2.24) is 5.32 Å². The van der Waals surface area contributed by atoms with Crippen molar-refractivity contribution < 1.29 is 19.7 Å². The predicted octanol–water partition coefficient (Wildman–Crippen LogP) is 0.369. The lowest BCUT2D eigenvalue weighted by atomic mass is 9.90. The van der Waals surface area contributed by atoms with E-state index in [0.29, 0.717) is 26.1 Å². The molecule has 1 rings (SSSR count). The van der Waals surface area contributed by atoms with Crippen LogP contribution in [-0.2, 0) is 9.53 Å². The summed E-state index contributed by atoms with van der Waals surface area (Å²) in [5.41, 5.74) is -0.889. The summed E-state index contributed by atoms with van der Waals surface area (Å²) in [6, 6.07) is -0.919. The van der Waals surface area contributed by atoms with Gasteiger partial charge in [0, 0.05) is 13.0 Å². The van der Waals surface area contributed by atoms with E-state index in [2.05, 4.69) is 5.32 Å². The molecular formula is C11H21NO4. The first-order valence-corrected chi connectivity index (χ1v) is 5.76. The summed E-state index contributed by atoms with van der Waals surface area (Å²) in [4.78, 5) is 11.0. The second-order valence-corrected chi connectivity index (χ2v) is 4.58. The van der Waals surface area contributed by atoms with E-state index in [1.807, 2.05) is 6.92 Å². The van der Waals surface area contributed by atoms with Crippen LogP contribution in [0, 0.1) is 0 Å². The van der Waals surface area contributed by atoms with Gasteiger partial charge in [-0.15, -0.1) is 0 Å². The van der Waals surface area contributed by atoms with Crippen LogP contribution in [0.2, 0.25) is 0 Å². The molecule has 16 heavy (non-hydrogen) atoms. The van der Waals surface area contributed by atoms with Gasteiger partial charge >= 0.3 is 5.97 Å². The minimum absolute atomic E-state index is 0.311. The molecule has 94 valence electrons. The molecule has 0 aromatic rings. The van der Waals surface area contributed by atoms with E-state index in [9.17, 15) is 9.90 Å². The number of ether oxygens (including phenoxy) is 1. The molecule has 0 saturated carbocycles. The minimum Gasteiger partial charge on any atom is -0.480 e. The van der Waals surface area contributed by atoms with E-state index < -0.39 is 17.6 Å². The Hall–Kier alpha value is -0.650. The molecule has 3 unspecified atom stereocenters. The largest absolute Gasteiger partial charge is 0.480 e. The molecule has 1 aliphatic rings. The van der Waals surface area contributed by atoms with Gasteiger partial charge in [-0.25, -0.2) is 0 Å². The van der Waals surface area contributed by atoms with Crippen molar-refractivity contribution in [3.8, 4) is 0 Å². The number of rotatable bonds is 5. The second kappa shape index (κ2) is 5.61. The molecule has 3 N–H and O–H groups in total. The van der Waals surface area contributed by atoms with Gasteiger partial charge < -0.3 is 14.9 Å². The smallest absolute Gasteiger partial charge is 0.320 e. The van der Waals surface area contributed by atoms with Gasteiger partial charge in [-0.05, 0) is 13.3 Å². The highest BCUT2D eigenvalue weighted by atomic mass is 16.5. The van der Waals surface area contributed by atoms with Crippen LogP contribution in [0.3, 0.4) is 0 Å². The van der Waals surface area contributed by atoms with Crippen molar-refractivity contribution in [2.24, 2.45) is 0 Å². The molecule has 1 saturated heterocycles. The third-order valence-electron chi connectivity index (χ3n) is 3.07. The van der Waals surface area contributed by atoms with Gasteiger partial charge in [0.15, 0.2) is 0 Å². The molecule has 3 atom stereocenters. The van der Waals surface area contributed by atoms with E-state index in [1.54, 1.807) is 6.92 Å². The highest BCUT2D eigenvalue weighted by Gasteiger charge is 2.37. The van der Waals surface area contributed by atoms with E-state index >= 15 is 0 Å². The fraction of sp³-hybridized carbons (Fsp3) is 0.909. The van der Waals surface area contributed by atoms with Crippen LogP contribution in [-0.4, -0.2) is 47.1 Å². The Balaban J connectivity index is 2.58. The summed E-state index contributed by atoms with van der Waals surface area (Å²) < 4.78 is 5.26. The maximum absolute atomic E-state index is 11.0. The Morgan fingerprint density at radius 3 is 2.88 bits per heavy atom. The molecule has 0 amide bonds. The number of aliphatic hydroxyl groups is 1. The Labute approximate surface area is 95.8 Å². The lowest BCUT2D eigenvalue weighted by molar-refractivity contribution is -0.141. The van der Waals surface area contributed by atoms with E-state index in [-0.39, 0.29) is 6.04 Å². The molecule has 1 aliphatic heterocycles. The van der Waals surface area contributed by atoms with Crippen LogP contribution in [0.25, 0.3) is 0 Å². The Morgan fingerprint density at radius 2 is 2.38 bits per heavy atom. The molecule has 0 aromatic heterocycles. The van der Waals surface area contributed by atoms with Crippen LogP contribution in [0.15, 0.2) is 0 Å². The van der Waals surface area contributed by atoms with Crippen molar-refractivity contribution in [3.05, 3.63) is 0 Å².